The number of rotatable bonds is 5. The molecule has 0 saturated carbocycles. The van der Waals surface area contributed by atoms with Crippen LogP contribution in [0.25, 0.3) is 0 Å². The number of hydrogen-bond acceptors (Lipinski definition) is 3. The van der Waals surface area contributed by atoms with Crippen molar-refractivity contribution in [2.75, 3.05) is 18.8 Å². The number of nitrogen functional groups attached to an aromatic ring is 1. The first-order valence-corrected chi connectivity index (χ1v) is 7.41. The van der Waals surface area contributed by atoms with Crippen LogP contribution in [-0.4, -0.2) is 25.8 Å². The summed E-state index contributed by atoms with van der Waals surface area (Å²) >= 11 is 5.61. The van der Waals surface area contributed by atoms with Gasteiger partial charge in [0.15, 0.2) is 5.82 Å². The van der Waals surface area contributed by atoms with Gasteiger partial charge in [0, 0.05) is 18.8 Å². The van der Waals surface area contributed by atoms with Crippen LogP contribution in [0.2, 0.25) is 5.02 Å². The fourth-order valence-electron chi connectivity index (χ4n) is 1.61. The summed E-state index contributed by atoms with van der Waals surface area (Å²) in [6.07, 6.45) is 0.644. The van der Waals surface area contributed by atoms with Gasteiger partial charge in [-0.05, 0) is 18.6 Å². The second-order valence-corrected chi connectivity index (χ2v) is 6.13. The summed E-state index contributed by atoms with van der Waals surface area (Å²) in [5.41, 5.74) is 5.62. The van der Waals surface area contributed by atoms with Crippen molar-refractivity contribution in [3.05, 3.63) is 23.0 Å². The highest BCUT2D eigenvalue weighted by atomic mass is 35.5. The summed E-state index contributed by atoms with van der Waals surface area (Å²) in [6.45, 7) is 4.13. The Bertz CT molecular complexity index is 534. The Hall–Kier alpha value is -0.850. The highest BCUT2D eigenvalue weighted by Crippen LogP contribution is 2.27. The van der Waals surface area contributed by atoms with Crippen LogP contribution in [0.3, 0.4) is 0 Å². The molecule has 0 aliphatic carbocycles. The van der Waals surface area contributed by atoms with Crippen LogP contribution in [0.5, 0.6) is 0 Å². The molecule has 0 amide bonds. The molecule has 0 atom stereocenters. The Morgan fingerprint density at radius 3 is 2.50 bits per heavy atom. The van der Waals surface area contributed by atoms with E-state index < -0.39 is 20.7 Å². The molecular weight excluding hydrogens is 279 g/mol. The van der Waals surface area contributed by atoms with E-state index in [4.69, 9.17) is 17.3 Å². The van der Waals surface area contributed by atoms with Crippen molar-refractivity contribution in [1.82, 2.24) is 4.31 Å². The van der Waals surface area contributed by atoms with Gasteiger partial charge < -0.3 is 5.73 Å². The van der Waals surface area contributed by atoms with Crippen LogP contribution in [-0.2, 0) is 10.0 Å². The van der Waals surface area contributed by atoms with E-state index in [2.05, 4.69) is 0 Å². The van der Waals surface area contributed by atoms with Crippen LogP contribution in [0.1, 0.15) is 20.3 Å². The molecule has 0 heterocycles. The minimum Gasteiger partial charge on any atom is -0.399 e. The summed E-state index contributed by atoms with van der Waals surface area (Å²) in [5, 5.41) is -0.291. The van der Waals surface area contributed by atoms with Crippen LogP contribution in [0.15, 0.2) is 17.0 Å². The van der Waals surface area contributed by atoms with E-state index in [1.165, 1.54) is 10.4 Å². The third-order valence-electron chi connectivity index (χ3n) is 2.46. The van der Waals surface area contributed by atoms with Crippen molar-refractivity contribution in [1.29, 1.82) is 0 Å². The molecule has 0 radical (unpaired) electrons. The zero-order chi connectivity index (χ0) is 13.9. The topological polar surface area (TPSA) is 63.4 Å². The number of halogens is 2. The lowest BCUT2D eigenvalue weighted by Crippen LogP contribution is -2.32. The van der Waals surface area contributed by atoms with Crippen molar-refractivity contribution in [3.63, 3.8) is 0 Å². The highest BCUT2D eigenvalue weighted by Gasteiger charge is 2.27. The maximum atomic E-state index is 13.8. The van der Waals surface area contributed by atoms with Gasteiger partial charge in [0.05, 0.1) is 5.02 Å². The quantitative estimate of drug-likeness (QED) is 0.849. The maximum absolute atomic E-state index is 13.8. The van der Waals surface area contributed by atoms with E-state index >= 15 is 0 Å². The average molecular weight is 295 g/mol. The van der Waals surface area contributed by atoms with Crippen molar-refractivity contribution < 1.29 is 12.8 Å². The normalized spacial score (nSPS) is 12.1. The number of benzene rings is 1. The van der Waals surface area contributed by atoms with Crippen LogP contribution in [0.4, 0.5) is 10.1 Å². The molecule has 0 bridgehead atoms. The highest BCUT2D eigenvalue weighted by molar-refractivity contribution is 7.89. The summed E-state index contributed by atoms with van der Waals surface area (Å²) in [5.74, 6) is -0.958. The zero-order valence-corrected chi connectivity index (χ0v) is 11.9. The van der Waals surface area contributed by atoms with Crippen molar-refractivity contribution in [3.8, 4) is 0 Å². The smallest absolute Gasteiger partial charge is 0.246 e. The van der Waals surface area contributed by atoms with Gasteiger partial charge >= 0.3 is 0 Å². The van der Waals surface area contributed by atoms with Gasteiger partial charge in [-0.3, -0.25) is 0 Å². The Kier molecular flexibility index (Phi) is 4.95. The molecule has 0 aromatic heterocycles. The second kappa shape index (κ2) is 5.86. The standard InChI is InChI=1S/C11H16ClFN2O2S/c1-3-5-15(4-2)18(16,17)10-7-8(14)6-9(12)11(10)13/h6-7H,3-5,14H2,1-2H3. The van der Waals surface area contributed by atoms with Crippen LogP contribution < -0.4 is 5.73 Å². The Labute approximate surface area is 112 Å². The summed E-state index contributed by atoms with van der Waals surface area (Å²) in [7, 11) is -3.90. The predicted octanol–water partition coefficient (Wildman–Crippen LogP) is 2.48. The van der Waals surface area contributed by atoms with Crippen molar-refractivity contribution in [2.24, 2.45) is 0 Å². The SMILES string of the molecule is CCCN(CC)S(=O)(=O)c1cc(N)cc(Cl)c1F. The van der Waals surface area contributed by atoms with Gasteiger partial charge in [0.1, 0.15) is 4.90 Å². The molecular formula is C11H16ClFN2O2S. The van der Waals surface area contributed by atoms with E-state index in [1.807, 2.05) is 6.92 Å². The fourth-order valence-corrected chi connectivity index (χ4v) is 3.55. The molecule has 0 aliphatic heterocycles. The Morgan fingerprint density at radius 2 is 2.00 bits per heavy atom. The lowest BCUT2D eigenvalue weighted by atomic mass is 10.3. The first-order valence-electron chi connectivity index (χ1n) is 5.59. The largest absolute Gasteiger partial charge is 0.399 e. The Balaban J connectivity index is 3.36. The molecule has 0 spiro atoms. The molecule has 0 aliphatic rings. The molecule has 2 N–H and O–H groups in total. The summed E-state index contributed by atoms with van der Waals surface area (Å²) in [4.78, 5) is -0.470. The van der Waals surface area contributed by atoms with Gasteiger partial charge in [0.2, 0.25) is 10.0 Å². The van der Waals surface area contributed by atoms with Crippen LogP contribution in [0, 0.1) is 5.82 Å². The van der Waals surface area contributed by atoms with Crippen molar-refractivity contribution >= 4 is 27.3 Å². The van der Waals surface area contributed by atoms with Gasteiger partial charge in [-0.2, -0.15) is 4.31 Å². The van der Waals surface area contributed by atoms with Crippen LogP contribution >= 0.6 is 11.6 Å². The first-order chi connectivity index (χ1) is 8.34. The number of nitrogens with zero attached hydrogens (tertiary/aromatic N) is 1. The van der Waals surface area contributed by atoms with Gasteiger partial charge in [-0.15, -0.1) is 0 Å². The lowest BCUT2D eigenvalue weighted by molar-refractivity contribution is 0.423. The molecule has 1 rings (SSSR count). The average Bonchev–Trinajstić information content (AvgIpc) is 2.30. The van der Waals surface area contributed by atoms with Gasteiger partial charge in [-0.25, -0.2) is 12.8 Å². The number of hydrogen-bond donors (Lipinski definition) is 1. The molecule has 102 valence electrons. The third-order valence-corrected chi connectivity index (χ3v) is 4.71. The Morgan fingerprint density at radius 1 is 1.39 bits per heavy atom. The van der Waals surface area contributed by atoms with Crippen molar-refractivity contribution in [2.45, 2.75) is 25.2 Å². The first kappa shape index (κ1) is 15.2. The predicted molar refractivity (Wildman–Crippen MR) is 70.5 cm³/mol. The second-order valence-electron chi connectivity index (χ2n) is 3.81. The number of anilines is 1. The number of nitrogens with two attached hydrogens (primary N) is 1. The number of sulfonamides is 1. The third kappa shape index (κ3) is 2.93. The molecule has 0 saturated heterocycles. The molecule has 0 fully saturated rings. The minimum atomic E-state index is -3.90. The molecule has 18 heavy (non-hydrogen) atoms. The van der Waals surface area contributed by atoms with Gasteiger partial charge in [0.25, 0.3) is 0 Å². The zero-order valence-electron chi connectivity index (χ0n) is 10.3. The summed E-state index contributed by atoms with van der Waals surface area (Å²) < 4.78 is 39.5. The molecule has 0 unspecified atom stereocenters. The van der Waals surface area contributed by atoms with E-state index in [-0.39, 0.29) is 17.3 Å². The molecule has 1 aromatic carbocycles. The van der Waals surface area contributed by atoms with E-state index in [0.29, 0.717) is 13.0 Å². The molecule has 7 heteroatoms. The monoisotopic (exact) mass is 294 g/mol. The lowest BCUT2D eigenvalue weighted by Gasteiger charge is -2.20. The van der Waals surface area contributed by atoms with Gasteiger partial charge in [-0.1, -0.05) is 25.4 Å². The summed E-state index contributed by atoms with van der Waals surface area (Å²) in [6, 6.07) is 2.28. The maximum Gasteiger partial charge on any atom is 0.246 e. The van der Waals surface area contributed by atoms with E-state index in [1.54, 1.807) is 6.92 Å². The molecule has 4 nitrogen and oxygen atoms in total. The van der Waals surface area contributed by atoms with E-state index in [0.717, 1.165) is 6.07 Å². The minimum absolute atomic E-state index is 0.118. The fraction of sp³-hybridized carbons (Fsp3) is 0.455. The van der Waals surface area contributed by atoms with E-state index in [9.17, 15) is 12.8 Å². The molecule has 1 aromatic rings.